The molecule has 0 saturated carbocycles. The lowest BCUT2D eigenvalue weighted by atomic mass is 10.0. The molecule has 0 spiro atoms. The van der Waals surface area contributed by atoms with Gasteiger partial charge in [-0.1, -0.05) is 0 Å². The molecule has 0 aliphatic carbocycles. The number of rotatable bonds is 6. The van der Waals surface area contributed by atoms with Gasteiger partial charge in [0, 0.05) is 42.7 Å². The van der Waals surface area contributed by atoms with Gasteiger partial charge in [-0.3, -0.25) is 4.79 Å². The molecule has 0 bridgehead atoms. The number of nitrogens with one attached hydrogen (secondary N) is 2. The summed E-state index contributed by atoms with van der Waals surface area (Å²) in [5.74, 6) is 0.665. The van der Waals surface area contributed by atoms with Crippen molar-refractivity contribution in [2.75, 3.05) is 23.7 Å². The molecule has 7 nitrogen and oxygen atoms in total. The number of aromatic nitrogens is 3. The van der Waals surface area contributed by atoms with E-state index in [-0.39, 0.29) is 23.3 Å². The zero-order chi connectivity index (χ0) is 30.8. The fraction of sp³-hybridized carbons (Fsp3) is 0.267. The monoisotopic (exact) mass is 600 g/mol. The maximum absolute atomic E-state index is 13.1. The number of amides is 1. The van der Waals surface area contributed by atoms with Crippen molar-refractivity contribution in [2.45, 2.75) is 38.2 Å². The predicted molar refractivity (Wildman–Crippen MR) is 149 cm³/mol. The molecule has 0 atom stereocenters. The molecule has 0 radical (unpaired) electrons. The van der Waals surface area contributed by atoms with Gasteiger partial charge in [0.25, 0.3) is 5.91 Å². The van der Waals surface area contributed by atoms with Crippen molar-refractivity contribution in [1.82, 2.24) is 19.9 Å². The average molecular weight is 601 g/mol. The van der Waals surface area contributed by atoms with Crippen LogP contribution in [0, 0.1) is 6.92 Å². The summed E-state index contributed by atoms with van der Waals surface area (Å²) >= 11 is 0. The fourth-order valence-electron chi connectivity index (χ4n) is 4.74. The number of carbonyl (C=O) groups is 1. The molecule has 5 rings (SSSR count). The molecule has 224 valence electrons. The quantitative estimate of drug-likeness (QED) is 0.225. The van der Waals surface area contributed by atoms with E-state index in [9.17, 15) is 31.1 Å². The molecular weight excluding hydrogens is 574 g/mol. The standard InChI is InChI=1S/C30H26F6N6O/c1-18-14-24(40-27(15-18)41-26-16-22(8-11-37-26)30(34,35)36)20-4-7-25(38-17-20)39-23-9-12-42(13-10-23)28(43)19-2-5-21(6-3-19)29(31,32)33/h2-8,11,14-17,23H,9-10,12-13H2,1H3,(H,38,39)(H,37,40,41). The molecule has 1 aliphatic heterocycles. The summed E-state index contributed by atoms with van der Waals surface area (Å²) in [4.78, 5) is 27.3. The number of anilines is 3. The van der Waals surface area contributed by atoms with Crippen LogP contribution in [0.2, 0.25) is 0 Å². The second-order valence-electron chi connectivity index (χ2n) is 10.2. The maximum atomic E-state index is 13.1. The van der Waals surface area contributed by atoms with Gasteiger partial charge in [0.1, 0.15) is 17.5 Å². The molecule has 2 N–H and O–H groups in total. The van der Waals surface area contributed by atoms with E-state index in [4.69, 9.17) is 0 Å². The average Bonchev–Trinajstić information content (AvgIpc) is 2.97. The smallest absolute Gasteiger partial charge is 0.367 e. The molecule has 3 aromatic heterocycles. The van der Waals surface area contributed by atoms with Gasteiger partial charge in [-0.05, 0) is 86.0 Å². The van der Waals surface area contributed by atoms with E-state index in [0.29, 0.717) is 48.8 Å². The lowest BCUT2D eigenvalue weighted by Gasteiger charge is -2.32. The number of likely N-dealkylation sites (tertiary alicyclic amines) is 1. The van der Waals surface area contributed by atoms with E-state index in [2.05, 4.69) is 25.6 Å². The lowest BCUT2D eigenvalue weighted by Crippen LogP contribution is -2.42. The van der Waals surface area contributed by atoms with Crippen LogP contribution in [0.25, 0.3) is 11.3 Å². The Hall–Kier alpha value is -4.68. The van der Waals surface area contributed by atoms with Crippen molar-refractivity contribution in [3.63, 3.8) is 0 Å². The van der Waals surface area contributed by atoms with Crippen LogP contribution in [-0.4, -0.2) is 44.9 Å². The highest BCUT2D eigenvalue weighted by Crippen LogP contribution is 2.31. The number of carbonyl (C=O) groups excluding carboxylic acids is 1. The first kappa shape index (κ1) is 29.8. The summed E-state index contributed by atoms with van der Waals surface area (Å²) < 4.78 is 77.6. The molecule has 1 aromatic carbocycles. The van der Waals surface area contributed by atoms with E-state index >= 15 is 0 Å². The van der Waals surface area contributed by atoms with Crippen molar-refractivity contribution in [3.05, 3.63) is 95.3 Å². The molecule has 13 heteroatoms. The van der Waals surface area contributed by atoms with E-state index in [0.717, 1.165) is 36.0 Å². The highest BCUT2D eigenvalue weighted by molar-refractivity contribution is 5.94. The second-order valence-corrected chi connectivity index (χ2v) is 10.2. The van der Waals surface area contributed by atoms with Crippen LogP contribution in [0.4, 0.5) is 43.8 Å². The third-order valence-corrected chi connectivity index (χ3v) is 6.97. The molecule has 1 aliphatic rings. The molecule has 4 aromatic rings. The highest BCUT2D eigenvalue weighted by atomic mass is 19.4. The first-order valence-corrected chi connectivity index (χ1v) is 13.3. The Balaban J connectivity index is 1.18. The lowest BCUT2D eigenvalue weighted by molar-refractivity contribution is -0.138. The third kappa shape index (κ3) is 7.40. The Kier molecular flexibility index (Phi) is 8.25. The fourth-order valence-corrected chi connectivity index (χ4v) is 4.74. The van der Waals surface area contributed by atoms with Crippen LogP contribution >= 0.6 is 0 Å². The van der Waals surface area contributed by atoms with E-state index in [1.165, 1.54) is 12.1 Å². The van der Waals surface area contributed by atoms with Crippen LogP contribution in [0.15, 0.2) is 73.1 Å². The molecular formula is C30H26F6N6O. The minimum absolute atomic E-state index is 0.0173. The van der Waals surface area contributed by atoms with E-state index < -0.39 is 23.5 Å². The summed E-state index contributed by atoms with van der Waals surface area (Å²) in [5, 5.41) is 6.18. The van der Waals surface area contributed by atoms with Gasteiger partial charge < -0.3 is 15.5 Å². The topological polar surface area (TPSA) is 83.0 Å². The maximum Gasteiger partial charge on any atom is 0.416 e. The molecule has 1 saturated heterocycles. The normalized spacial score (nSPS) is 14.4. The zero-order valence-electron chi connectivity index (χ0n) is 22.8. The Bertz CT molecular complexity index is 1580. The van der Waals surface area contributed by atoms with Crippen LogP contribution in [-0.2, 0) is 12.4 Å². The van der Waals surface area contributed by atoms with Crippen LogP contribution in [0.1, 0.15) is 39.9 Å². The minimum atomic E-state index is -4.49. The number of pyridine rings is 3. The van der Waals surface area contributed by atoms with Gasteiger partial charge in [-0.15, -0.1) is 0 Å². The summed E-state index contributed by atoms with van der Waals surface area (Å²) in [7, 11) is 0. The number of hydrogen-bond acceptors (Lipinski definition) is 6. The number of nitrogens with zero attached hydrogens (tertiary/aromatic N) is 4. The number of piperidine rings is 1. The van der Waals surface area contributed by atoms with Gasteiger partial charge in [0.2, 0.25) is 0 Å². The minimum Gasteiger partial charge on any atom is -0.367 e. The van der Waals surface area contributed by atoms with Gasteiger partial charge in [0.15, 0.2) is 0 Å². The number of hydrogen-bond donors (Lipinski definition) is 2. The van der Waals surface area contributed by atoms with Crippen molar-refractivity contribution >= 4 is 23.4 Å². The molecule has 43 heavy (non-hydrogen) atoms. The van der Waals surface area contributed by atoms with Gasteiger partial charge in [0.05, 0.1) is 16.8 Å². The van der Waals surface area contributed by atoms with E-state index in [1.807, 2.05) is 19.1 Å². The van der Waals surface area contributed by atoms with Crippen LogP contribution in [0.5, 0.6) is 0 Å². The largest absolute Gasteiger partial charge is 0.416 e. The van der Waals surface area contributed by atoms with E-state index in [1.54, 1.807) is 23.2 Å². The molecule has 0 unspecified atom stereocenters. The molecule has 1 fully saturated rings. The number of alkyl halides is 6. The molecule has 1 amide bonds. The summed E-state index contributed by atoms with van der Waals surface area (Å²) in [6.45, 7) is 2.73. The van der Waals surface area contributed by atoms with Gasteiger partial charge in [-0.25, -0.2) is 15.0 Å². The first-order valence-electron chi connectivity index (χ1n) is 13.3. The Morgan fingerprint density at radius 3 is 2.14 bits per heavy atom. The van der Waals surface area contributed by atoms with Crippen molar-refractivity contribution in [2.24, 2.45) is 0 Å². The highest BCUT2D eigenvalue weighted by Gasteiger charge is 2.32. The van der Waals surface area contributed by atoms with Crippen LogP contribution < -0.4 is 10.6 Å². The van der Waals surface area contributed by atoms with Crippen molar-refractivity contribution in [3.8, 4) is 11.3 Å². The summed E-state index contributed by atoms with van der Waals surface area (Å²) in [6.07, 6.45) is -4.96. The molecule has 4 heterocycles. The predicted octanol–water partition coefficient (Wildman–Crippen LogP) is 7.34. The zero-order valence-corrected chi connectivity index (χ0v) is 22.8. The van der Waals surface area contributed by atoms with Gasteiger partial charge >= 0.3 is 12.4 Å². The van der Waals surface area contributed by atoms with Crippen molar-refractivity contribution in [1.29, 1.82) is 0 Å². The summed E-state index contributed by atoms with van der Waals surface area (Å²) in [6, 6.07) is 13.2. The number of halogens is 6. The number of aryl methyl sites for hydroxylation is 1. The Morgan fingerprint density at radius 2 is 1.51 bits per heavy atom. The van der Waals surface area contributed by atoms with Gasteiger partial charge in [-0.2, -0.15) is 26.3 Å². The first-order chi connectivity index (χ1) is 20.3. The second kappa shape index (κ2) is 11.9. The number of benzene rings is 1. The van der Waals surface area contributed by atoms with Crippen LogP contribution in [0.3, 0.4) is 0 Å². The Labute approximate surface area is 243 Å². The SMILES string of the molecule is Cc1cc(Nc2cc(C(F)(F)F)ccn2)nc(-c2ccc(NC3CCN(C(=O)c4ccc(C(F)(F)F)cc4)CC3)nc2)c1. The summed E-state index contributed by atoms with van der Waals surface area (Å²) in [5.41, 5.74) is 0.704. The third-order valence-electron chi connectivity index (χ3n) is 6.97. The Morgan fingerprint density at radius 1 is 0.814 bits per heavy atom. The van der Waals surface area contributed by atoms with Crippen molar-refractivity contribution < 1.29 is 31.1 Å².